The molecule has 1 aromatic heterocycles. The maximum atomic E-state index is 11.0. The molecule has 1 aromatic rings. The summed E-state index contributed by atoms with van der Waals surface area (Å²) in [5.74, 6) is -0.517. The number of esters is 1. The zero-order chi connectivity index (χ0) is 9.14. The van der Waals surface area contributed by atoms with Crippen molar-refractivity contribution in [3.8, 4) is 0 Å². The van der Waals surface area contributed by atoms with Crippen LogP contribution in [0.4, 0.5) is 0 Å². The van der Waals surface area contributed by atoms with Crippen molar-refractivity contribution in [1.29, 1.82) is 0 Å². The Morgan fingerprint density at radius 2 is 2.42 bits per heavy atom. The summed E-state index contributed by atoms with van der Waals surface area (Å²) in [4.78, 5) is 14.8. The molecule has 0 saturated heterocycles. The van der Waals surface area contributed by atoms with Crippen molar-refractivity contribution in [1.82, 2.24) is 4.98 Å². The van der Waals surface area contributed by atoms with E-state index < -0.39 is 5.97 Å². The first-order valence-electron chi connectivity index (χ1n) is 3.04. The lowest BCUT2D eigenvalue weighted by molar-refractivity contribution is 0.0594. The van der Waals surface area contributed by atoms with Crippen LogP contribution in [0.3, 0.4) is 0 Å². The number of carbonyl (C=O) groups excluding carboxylic acids is 1. The summed E-state index contributed by atoms with van der Waals surface area (Å²) in [5.41, 5.74) is 0.152. The second-order valence-electron chi connectivity index (χ2n) is 1.98. The van der Waals surface area contributed by atoms with Gasteiger partial charge in [-0.05, 0) is 28.7 Å². The van der Waals surface area contributed by atoms with E-state index >= 15 is 0 Å². The fourth-order valence-corrected chi connectivity index (χ4v) is 1.54. The van der Waals surface area contributed by atoms with Crippen LogP contribution in [0.1, 0.15) is 10.5 Å². The Balaban J connectivity index is 3.09. The van der Waals surface area contributed by atoms with Crippen LogP contribution in [0.15, 0.2) is 12.3 Å². The van der Waals surface area contributed by atoms with Crippen molar-refractivity contribution < 1.29 is 9.53 Å². The fourth-order valence-electron chi connectivity index (χ4n) is 0.661. The number of methoxy groups -OCH3 is 1. The van der Waals surface area contributed by atoms with Gasteiger partial charge in [-0.3, -0.25) is 0 Å². The van der Waals surface area contributed by atoms with Gasteiger partial charge >= 0.3 is 5.97 Å². The van der Waals surface area contributed by atoms with Gasteiger partial charge < -0.3 is 4.74 Å². The summed E-state index contributed by atoms with van der Waals surface area (Å²) >= 11 is 7.79. The van der Waals surface area contributed by atoms with Crippen LogP contribution >= 0.6 is 34.2 Å². The minimum atomic E-state index is -0.517. The van der Waals surface area contributed by atoms with Crippen LogP contribution in [-0.2, 0) is 4.74 Å². The van der Waals surface area contributed by atoms with E-state index in [2.05, 4.69) is 32.3 Å². The Morgan fingerprint density at radius 3 is 2.92 bits per heavy atom. The van der Waals surface area contributed by atoms with Gasteiger partial charge in [-0.25, -0.2) is 9.78 Å². The predicted octanol–water partition coefficient (Wildman–Crippen LogP) is 2.13. The third-order valence-electron chi connectivity index (χ3n) is 1.19. The van der Waals surface area contributed by atoms with Gasteiger partial charge in [0.2, 0.25) is 0 Å². The minimum absolute atomic E-state index is 0.152. The highest BCUT2D eigenvalue weighted by Gasteiger charge is 2.11. The highest BCUT2D eigenvalue weighted by atomic mass is 127. The Labute approximate surface area is 88.2 Å². The molecule has 1 rings (SSSR count). The van der Waals surface area contributed by atoms with Gasteiger partial charge in [-0.15, -0.1) is 0 Å². The standard InChI is InChI=1S/C7H5ClINO2/c1-12-7(11)6-5(8)2-4(9)3-10-6/h2-3H,1H3. The molecule has 0 atom stereocenters. The molecule has 0 aliphatic heterocycles. The molecule has 5 heteroatoms. The Bertz CT molecular complexity index is 316. The highest BCUT2D eigenvalue weighted by molar-refractivity contribution is 14.1. The number of carbonyl (C=O) groups is 1. The lowest BCUT2D eigenvalue weighted by atomic mass is 10.3. The number of rotatable bonds is 1. The minimum Gasteiger partial charge on any atom is -0.464 e. The normalized spacial score (nSPS) is 9.58. The molecule has 0 fully saturated rings. The van der Waals surface area contributed by atoms with Gasteiger partial charge in [-0.1, -0.05) is 11.6 Å². The molecule has 0 aromatic carbocycles. The average Bonchev–Trinajstić information content (AvgIpc) is 2.03. The number of hydrogen-bond acceptors (Lipinski definition) is 3. The molecule has 1 heterocycles. The van der Waals surface area contributed by atoms with E-state index in [-0.39, 0.29) is 5.69 Å². The van der Waals surface area contributed by atoms with E-state index in [0.717, 1.165) is 3.57 Å². The lowest BCUT2D eigenvalue weighted by Crippen LogP contribution is -2.04. The van der Waals surface area contributed by atoms with Crippen molar-refractivity contribution in [2.24, 2.45) is 0 Å². The van der Waals surface area contributed by atoms with Crippen molar-refractivity contribution >= 4 is 40.2 Å². The number of aromatic nitrogens is 1. The van der Waals surface area contributed by atoms with E-state index in [1.165, 1.54) is 7.11 Å². The van der Waals surface area contributed by atoms with Crippen LogP contribution in [-0.4, -0.2) is 18.1 Å². The number of pyridine rings is 1. The molecule has 0 amide bonds. The molecule has 0 N–H and O–H groups in total. The smallest absolute Gasteiger partial charge is 0.358 e. The Hall–Kier alpha value is -0.360. The van der Waals surface area contributed by atoms with Crippen molar-refractivity contribution in [2.45, 2.75) is 0 Å². The molecule has 12 heavy (non-hydrogen) atoms. The first-order valence-corrected chi connectivity index (χ1v) is 4.50. The Kier molecular flexibility index (Phi) is 3.28. The quantitative estimate of drug-likeness (QED) is 0.589. The third kappa shape index (κ3) is 2.07. The monoisotopic (exact) mass is 297 g/mol. The van der Waals surface area contributed by atoms with E-state index in [0.29, 0.717) is 5.02 Å². The average molecular weight is 297 g/mol. The molecule has 64 valence electrons. The van der Waals surface area contributed by atoms with Crippen LogP contribution in [0, 0.1) is 3.57 Å². The van der Waals surface area contributed by atoms with Gasteiger partial charge in [0.05, 0.1) is 12.1 Å². The summed E-state index contributed by atoms with van der Waals surface area (Å²) in [6.07, 6.45) is 1.55. The van der Waals surface area contributed by atoms with Crippen molar-refractivity contribution in [3.63, 3.8) is 0 Å². The summed E-state index contributed by atoms with van der Waals surface area (Å²) in [7, 11) is 1.29. The number of nitrogens with zero attached hydrogens (tertiary/aromatic N) is 1. The van der Waals surface area contributed by atoms with E-state index in [9.17, 15) is 4.79 Å². The highest BCUT2D eigenvalue weighted by Crippen LogP contribution is 2.16. The van der Waals surface area contributed by atoms with Gasteiger partial charge in [0.15, 0.2) is 5.69 Å². The predicted molar refractivity (Wildman–Crippen MR) is 53.3 cm³/mol. The van der Waals surface area contributed by atoms with Crippen LogP contribution in [0.5, 0.6) is 0 Å². The van der Waals surface area contributed by atoms with Crippen molar-refractivity contribution in [2.75, 3.05) is 7.11 Å². The zero-order valence-corrected chi connectivity index (χ0v) is 9.09. The van der Waals surface area contributed by atoms with Gasteiger partial charge in [0, 0.05) is 9.77 Å². The summed E-state index contributed by atoms with van der Waals surface area (Å²) in [6, 6.07) is 1.65. The van der Waals surface area contributed by atoms with Gasteiger partial charge in [0.1, 0.15) is 0 Å². The molecule has 0 radical (unpaired) electrons. The first kappa shape index (κ1) is 9.73. The molecule has 0 aliphatic carbocycles. The van der Waals surface area contributed by atoms with E-state index in [4.69, 9.17) is 11.6 Å². The number of ether oxygens (including phenoxy) is 1. The maximum absolute atomic E-state index is 11.0. The zero-order valence-electron chi connectivity index (χ0n) is 6.17. The molecular formula is C7H5ClINO2. The lowest BCUT2D eigenvalue weighted by Gasteiger charge is -2.00. The van der Waals surface area contributed by atoms with E-state index in [1.54, 1.807) is 12.3 Å². The van der Waals surface area contributed by atoms with Crippen LogP contribution in [0.2, 0.25) is 5.02 Å². The molecule has 0 unspecified atom stereocenters. The molecule has 0 saturated carbocycles. The van der Waals surface area contributed by atoms with E-state index in [1.807, 2.05) is 0 Å². The molecule has 0 bridgehead atoms. The second kappa shape index (κ2) is 4.04. The third-order valence-corrected chi connectivity index (χ3v) is 2.06. The largest absolute Gasteiger partial charge is 0.464 e. The SMILES string of the molecule is COC(=O)c1ncc(I)cc1Cl. The molecular weight excluding hydrogens is 292 g/mol. The second-order valence-corrected chi connectivity index (χ2v) is 3.63. The van der Waals surface area contributed by atoms with Crippen LogP contribution in [0.25, 0.3) is 0 Å². The maximum Gasteiger partial charge on any atom is 0.358 e. The fraction of sp³-hybridized carbons (Fsp3) is 0.143. The Morgan fingerprint density at radius 1 is 1.75 bits per heavy atom. The first-order chi connectivity index (χ1) is 5.65. The summed E-state index contributed by atoms with van der Waals surface area (Å²) in [6.45, 7) is 0. The number of halogens is 2. The number of hydrogen-bond donors (Lipinski definition) is 0. The molecule has 0 spiro atoms. The summed E-state index contributed by atoms with van der Waals surface area (Å²) < 4.78 is 5.35. The van der Waals surface area contributed by atoms with Crippen molar-refractivity contribution in [3.05, 3.63) is 26.5 Å². The molecule has 0 aliphatic rings. The topological polar surface area (TPSA) is 39.2 Å². The summed E-state index contributed by atoms with van der Waals surface area (Å²) in [5, 5.41) is 0.314. The van der Waals surface area contributed by atoms with Gasteiger partial charge in [-0.2, -0.15) is 0 Å². The molecule has 3 nitrogen and oxygen atoms in total. The van der Waals surface area contributed by atoms with Crippen LogP contribution < -0.4 is 0 Å². The van der Waals surface area contributed by atoms with Gasteiger partial charge in [0.25, 0.3) is 0 Å².